The van der Waals surface area contributed by atoms with Crippen LogP contribution < -0.4 is 0 Å². The molecule has 1 saturated carbocycles. The molecule has 0 N–H and O–H groups in total. The molecule has 3 rings (SSSR count). The van der Waals surface area contributed by atoms with Gasteiger partial charge in [0.2, 0.25) is 0 Å². The Morgan fingerprint density at radius 3 is 2.44 bits per heavy atom. The van der Waals surface area contributed by atoms with E-state index in [0.29, 0.717) is 4.75 Å². The molecular weight excluding hydrogens is 238 g/mol. The molecule has 0 spiro atoms. The molecule has 98 valence electrons. The Balaban J connectivity index is 1.64. The normalized spacial score (nSPS) is 31.4. The van der Waals surface area contributed by atoms with Crippen LogP contribution in [0.25, 0.3) is 0 Å². The maximum absolute atomic E-state index is 4.76. The van der Waals surface area contributed by atoms with E-state index < -0.39 is 0 Å². The lowest BCUT2D eigenvalue weighted by Crippen LogP contribution is -2.24. The molecule has 1 saturated heterocycles. The molecule has 1 heterocycles. The van der Waals surface area contributed by atoms with Gasteiger partial charge < -0.3 is 0 Å². The Kier molecular flexibility index (Phi) is 2.80. The third kappa shape index (κ3) is 2.33. The first-order chi connectivity index (χ1) is 8.37. The van der Waals surface area contributed by atoms with E-state index >= 15 is 0 Å². The van der Waals surface area contributed by atoms with Crippen molar-refractivity contribution in [3.63, 3.8) is 0 Å². The predicted molar refractivity (Wildman–Crippen MR) is 80.2 cm³/mol. The smallest absolute Gasteiger partial charge is 0.0301 e. The number of nitrogens with zero attached hydrogens (tertiary/aromatic N) is 1. The maximum atomic E-state index is 4.76. The average Bonchev–Trinajstić information content (AvgIpc) is 2.77. The summed E-state index contributed by atoms with van der Waals surface area (Å²) in [4.78, 5) is 2.55. The summed E-state index contributed by atoms with van der Waals surface area (Å²) in [5, 5.41) is 0. The second kappa shape index (κ2) is 4.01. The van der Waals surface area contributed by atoms with Gasteiger partial charge in [-0.1, -0.05) is 45.0 Å². The van der Waals surface area contributed by atoms with Gasteiger partial charge in [0, 0.05) is 24.4 Å². The topological polar surface area (TPSA) is 3.24 Å². The Hall–Kier alpha value is -0.470. The minimum absolute atomic E-state index is 0.253. The summed E-state index contributed by atoms with van der Waals surface area (Å²) in [7, 11) is 0. The average molecular weight is 261 g/mol. The van der Waals surface area contributed by atoms with Gasteiger partial charge in [-0.3, -0.25) is 4.90 Å². The first-order valence-corrected chi connectivity index (χ1v) is 7.36. The lowest BCUT2D eigenvalue weighted by Gasteiger charge is -2.21. The van der Waals surface area contributed by atoms with Crippen molar-refractivity contribution in [3.05, 3.63) is 35.4 Å². The van der Waals surface area contributed by atoms with Crippen LogP contribution in [0, 0.1) is 5.92 Å². The molecule has 0 unspecified atom stereocenters. The predicted octanol–water partition coefficient (Wildman–Crippen LogP) is 3.49. The molecular formula is C16H23NS. The highest BCUT2D eigenvalue weighted by Crippen LogP contribution is 2.54. The van der Waals surface area contributed by atoms with Gasteiger partial charge in [0.25, 0.3) is 0 Å². The number of likely N-dealkylation sites (tertiary alicyclic amines) is 1. The number of piperidine rings is 1. The van der Waals surface area contributed by atoms with E-state index in [1.54, 1.807) is 0 Å². The Morgan fingerprint density at radius 1 is 1.28 bits per heavy atom. The van der Waals surface area contributed by atoms with Gasteiger partial charge in [0.05, 0.1) is 0 Å². The van der Waals surface area contributed by atoms with Crippen molar-refractivity contribution in [2.24, 2.45) is 5.92 Å². The van der Waals surface area contributed by atoms with Crippen LogP contribution in [0.15, 0.2) is 24.3 Å². The van der Waals surface area contributed by atoms with Crippen LogP contribution in [0.2, 0.25) is 0 Å². The van der Waals surface area contributed by atoms with Crippen molar-refractivity contribution in [1.29, 1.82) is 0 Å². The standard InChI is InChI=1S/C16H23NS/c1-15(2,3)13-6-4-12(5-7-13)9-17-10-14-8-16(14,18)11-17/h4-7,14,18H,8-11H2,1-3H3/t14-,16-/m0/s1. The number of hydrogen-bond donors (Lipinski definition) is 1. The number of hydrogen-bond acceptors (Lipinski definition) is 2. The first kappa shape index (κ1) is 12.6. The molecule has 2 heteroatoms. The van der Waals surface area contributed by atoms with Gasteiger partial charge in [-0.25, -0.2) is 0 Å². The molecule has 2 atom stereocenters. The summed E-state index contributed by atoms with van der Waals surface area (Å²) in [6.07, 6.45) is 1.33. The lowest BCUT2D eigenvalue weighted by molar-refractivity contribution is 0.300. The van der Waals surface area contributed by atoms with Crippen molar-refractivity contribution in [2.45, 2.75) is 43.9 Å². The SMILES string of the molecule is CC(C)(C)c1ccc(CN2C[C@@H]3C[C@]3(S)C2)cc1. The van der Waals surface area contributed by atoms with Crippen molar-refractivity contribution in [3.8, 4) is 0 Å². The van der Waals surface area contributed by atoms with E-state index in [9.17, 15) is 0 Å². The van der Waals surface area contributed by atoms with Crippen molar-refractivity contribution >= 4 is 12.6 Å². The van der Waals surface area contributed by atoms with E-state index in [1.165, 1.54) is 30.6 Å². The summed E-state index contributed by atoms with van der Waals surface area (Å²) in [5.41, 5.74) is 3.10. The summed E-state index contributed by atoms with van der Waals surface area (Å²) >= 11 is 4.76. The monoisotopic (exact) mass is 261 g/mol. The van der Waals surface area contributed by atoms with Crippen LogP contribution in [0.4, 0.5) is 0 Å². The summed E-state index contributed by atoms with van der Waals surface area (Å²) < 4.78 is 0.366. The van der Waals surface area contributed by atoms with Crippen LogP contribution in [-0.2, 0) is 12.0 Å². The van der Waals surface area contributed by atoms with Crippen molar-refractivity contribution in [1.82, 2.24) is 4.90 Å². The maximum Gasteiger partial charge on any atom is 0.0301 e. The number of benzene rings is 1. The third-order valence-electron chi connectivity index (χ3n) is 4.40. The number of rotatable bonds is 2. The van der Waals surface area contributed by atoms with E-state index in [-0.39, 0.29) is 5.41 Å². The van der Waals surface area contributed by atoms with Gasteiger partial charge >= 0.3 is 0 Å². The molecule has 2 aliphatic rings. The highest BCUT2D eigenvalue weighted by atomic mass is 32.1. The minimum Gasteiger partial charge on any atom is -0.297 e. The zero-order valence-corrected chi connectivity index (χ0v) is 12.5. The summed E-state index contributed by atoms with van der Waals surface area (Å²) in [6.45, 7) is 10.3. The van der Waals surface area contributed by atoms with E-state index in [0.717, 1.165) is 12.5 Å². The molecule has 1 aromatic carbocycles. The molecule has 2 fully saturated rings. The Bertz CT molecular complexity index is 445. The minimum atomic E-state index is 0.253. The van der Waals surface area contributed by atoms with Gasteiger partial charge in [0.15, 0.2) is 0 Å². The Labute approximate surface area is 116 Å². The van der Waals surface area contributed by atoms with Crippen molar-refractivity contribution in [2.75, 3.05) is 13.1 Å². The fraction of sp³-hybridized carbons (Fsp3) is 0.625. The fourth-order valence-corrected chi connectivity index (χ4v) is 3.55. The number of fused-ring (bicyclic) bond motifs is 1. The Morgan fingerprint density at radius 2 is 1.94 bits per heavy atom. The molecule has 1 aliphatic carbocycles. The first-order valence-electron chi connectivity index (χ1n) is 6.91. The van der Waals surface area contributed by atoms with Crippen LogP contribution in [-0.4, -0.2) is 22.7 Å². The van der Waals surface area contributed by atoms with Crippen molar-refractivity contribution < 1.29 is 0 Å². The van der Waals surface area contributed by atoms with Gasteiger partial charge in [-0.15, -0.1) is 0 Å². The van der Waals surface area contributed by atoms with E-state index in [1.807, 2.05) is 0 Å². The second-order valence-corrected chi connectivity index (χ2v) is 8.01. The highest BCUT2D eigenvalue weighted by Gasteiger charge is 2.57. The molecule has 1 nitrogen and oxygen atoms in total. The molecule has 0 aromatic heterocycles. The van der Waals surface area contributed by atoms with Gasteiger partial charge in [-0.2, -0.15) is 12.6 Å². The van der Waals surface area contributed by atoms with Crippen LogP contribution >= 0.6 is 12.6 Å². The molecule has 0 bridgehead atoms. The zero-order valence-electron chi connectivity index (χ0n) is 11.6. The van der Waals surface area contributed by atoms with E-state index in [2.05, 4.69) is 49.9 Å². The molecule has 1 aliphatic heterocycles. The fourth-order valence-electron chi connectivity index (χ4n) is 3.05. The van der Waals surface area contributed by atoms with Gasteiger partial charge in [-0.05, 0) is 28.9 Å². The van der Waals surface area contributed by atoms with Gasteiger partial charge in [0.1, 0.15) is 0 Å². The third-order valence-corrected chi connectivity index (χ3v) is 5.09. The van der Waals surface area contributed by atoms with Crippen LogP contribution in [0.5, 0.6) is 0 Å². The second-order valence-electron chi connectivity index (χ2n) is 7.12. The highest BCUT2D eigenvalue weighted by molar-refractivity contribution is 7.82. The summed E-state index contributed by atoms with van der Waals surface area (Å²) in [6, 6.07) is 9.14. The van der Waals surface area contributed by atoms with Crippen LogP contribution in [0.3, 0.4) is 0 Å². The largest absolute Gasteiger partial charge is 0.297 e. The molecule has 0 radical (unpaired) electrons. The molecule has 0 amide bonds. The lowest BCUT2D eigenvalue weighted by atomic mass is 9.87. The quantitative estimate of drug-likeness (QED) is 0.798. The summed E-state index contributed by atoms with van der Waals surface area (Å²) in [5.74, 6) is 0.856. The van der Waals surface area contributed by atoms with Crippen LogP contribution in [0.1, 0.15) is 38.3 Å². The zero-order chi connectivity index (χ0) is 13.0. The molecule has 18 heavy (non-hydrogen) atoms. The van der Waals surface area contributed by atoms with E-state index in [4.69, 9.17) is 12.6 Å². The molecule has 1 aromatic rings. The number of thiol groups is 1.